The van der Waals surface area contributed by atoms with Gasteiger partial charge in [0.05, 0.1) is 19.4 Å². The van der Waals surface area contributed by atoms with Gasteiger partial charge < -0.3 is 26.2 Å². The van der Waals surface area contributed by atoms with Gasteiger partial charge in [0.1, 0.15) is 6.04 Å². The first-order chi connectivity index (χ1) is 10.1. The standard InChI is InChI=1S/C12H19N3O7/c1-6(3-10(18)19)14-9(17)5-13-12(22)8(4-11(20)21)15-7(2)16/h6,8H,3-5H2,1-2H3,(H,13,22)(H,14,17)(H,15,16)(H,18,19)(H,20,21). The molecular weight excluding hydrogens is 298 g/mol. The van der Waals surface area contributed by atoms with Crippen LogP contribution in [0.3, 0.4) is 0 Å². The van der Waals surface area contributed by atoms with Gasteiger partial charge in [0.2, 0.25) is 17.7 Å². The summed E-state index contributed by atoms with van der Waals surface area (Å²) < 4.78 is 0. The lowest BCUT2D eigenvalue weighted by atomic mass is 10.2. The molecular formula is C12H19N3O7. The van der Waals surface area contributed by atoms with Gasteiger partial charge in [-0.25, -0.2) is 0 Å². The molecule has 0 fully saturated rings. The third-order valence-electron chi connectivity index (χ3n) is 2.38. The number of carbonyl (C=O) groups excluding carboxylic acids is 3. The molecule has 0 saturated heterocycles. The Kier molecular flexibility index (Phi) is 8.19. The fraction of sp³-hybridized carbons (Fsp3) is 0.583. The maximum atomic E-state index is 11.7. The van der Waals surface area contributed by atoms with Gasteiger partial charge >= 0.3 is 11.9 Å². The second-order valence-electron chi connectivity index (χ2n) is 4.64. The Morgan fingerprint density at radius 3 is 1.95 bits per heavy atom. The minimum absolute atomic E-state index is 0.271. The summed E-state index contributed by atoms with van der Waals surface area (Å²) in [7, 11) is 0. The molecule has 0 radical (unpaired) electrons. The minimum Gasteiger partial charge on any atom is -0.481 e. The molecule has 10 heteroatoms. The Morgan fingerprint density at radius 2 is 1.50 bits per heavy atom. The molecule has 3 amide bonds. The van der Waals surface area contributed by atoms with E-state index in [1.807, 2.05) is 0 Å². The van der Waals surface area contributed by atoms with Crippen LogP contribution in [0.15, 0.2) is 0 Å². The van der Waals surface area contributed by atoms with Crippen molar-refractivity contribution in [2.75, 3.05) is 6.54 Å². The van der Waals surface area contributed by atoms with Crippen molar-refractivity contribution in [2.24, 2.45) is 0 Å². The van der Waals surface area contributed by atoms with Gasteiger partial charge in [0.15, 0.2) is 0 Å². The molecule has 5 N–H and O–H groups in total. The van der Waals surface area contributed by atoms with Crippen LogP contribution in [-0.2, 0) is 24.0 Å². The highest BCUT2D eigenvalue weighted by molar-refractivity contribution is 5.92. The van der Waals surface area contributed by atoms with Gasteiger partial charge in [-0.1, -0.05) is 0 Å². The second kappa shape index (κ2) is 9.32. The second-order valence-corrected chi connectivity index (χ2v) is 4.64. The first kappa shape index (κ1) is 19.4. The number of rotatable bonds is 9. The molecule has 0 aromatic rings. The van der Waals surface area contributed by atoms with Gasteiger partial charge in [-0.05, 0) is 6.92 Å². The lowest BCUT2D eigenvalue weighted by Gasteiger charge is -2.16. The van der Waals surface area contributed by atoms with E-state index in [1.165, 1.54) is 6.92 Å². The Labute approximate surface area is 126 Å². The first-order valence-electron chi connectivity index (χ1n) is 6.39. The Bertz CT molecular complexity index is 448. The molecule has 0 aliphatic carbocycles. The van der Waals surface area contributed by atoms with Gasteiger partial charge in [0, 0.05) is 13.0 Å². The fourth-order valence-electron chi connectivity index (χ4n) is 1.56. The molecule has 0 rings (SSSR count). The van der Waals surface area contributed by atoms with Crippen molar-refractivity contribution in [1.29, 1.82) is 0 Å². The number of amides is 3. The Morgan fingerprint density at radius 1 is 0.955 bits per heavy atom. The number of nitrogens with one attached hydrogen (secondary N) is 3. The third kappa shape index (κ3) is 9.28. The summed E-state index contributed by atoms with van der Waals surface area (Å²) in [6, 6.07) is -1.91. The molecule has 0 aliphatic rings. The monoisotopic (exact) mass is 317 g/mol. The SMILES string of the molecule is CC(=O)NC(CC(=O)O)C(=O)NCC(=O)NC(C)CC(=O)O. The van der Waals surface area contributed by atoms with Crippen LogP contribution < -0.4 is 16.0 Å². The van der Waals surface area contributed by atoms with Crippen molar-refractivity contribution in [3.05, 3.63) is 0 Å². The normalized spacial score (nSPS) is 12.6. The smallest absolute Gasteiger partial charge is 0.305 e. The van der Waals surface area contributed by atoms with Crippen molar-refractivity contribution >= 4 is 29.7 Å². The summed E-state index contributed by atoms with van der Waals surface area (Å²) in [6.07, 6.45) is -0.893. The molecule has 0 saturated carbocycles. The first-order valence-corrected chi connectivity index (χ1v) is 6.39. The van der Waals surface area contributed by atoms with Crippen molar-refractivity contribution in [3.8, 4) is 0 Å². The van der Waals surface area contributed by atoms with Crippen molar-refractivity contribution in [2.45, 2.75) is 38.8 Å². The summed E-state index contributed by atoms with van der Waals surface area (Å²) in [5.41, 5.74) is 0. The molecule has 0 aromatic heterocycles. The Balaban J connectivity index is 4.37. The summed E-state index contributed by atoms with van der Waals surface area (Å²) in [6.45, 7) is 2.15. The number of hydrogen-bond donors (Lipinski definition) is 5. The van der Waals surface area contributed by atoms with E-state index in [4.69, 9.17) is 10.2 Å². The average Bonchev–Trinajstić information content (AvgIpc) is 2.32. The quantitative estimate of drug-likeness (QED) is 0.330. The van der Waals surface area contributed by atoms with Crippen LogP contribution in [0.2, 0.25) is 0 Å². The molecule has 0 bridgehead atoms. The average molecular weight is 317 g/mol. The maximum absolute atomic E-state index is 11.7. The van der Waals surface area contributed by atoms with E-state index in [1.54, 1.807) is 0 Å². The molecule has 10 nitrogen and oxygen atoms in total. The number of carboxylic acid groups (broad SMARTS) is 2. The highest BCUT2D eigenvalue weighted by Gasteiger charge is 2.23. The van der Waals surface area contributed by atoms with Crippen LogP contribution in [0.1, 0.15) is 26.7 Å². The summed E-state index contributed by atoms with van der Waals surface area (Å²) in [5, 5.41) is 23.9. The molecule has 0 aliphatic heterocycles. The van der Waals surface area contributed by atoms with E-state index in [2.05, 4.69) is 16.0 Å². The van der Waals surface area contributed by atoms with Crippen LogP contribution in [0.5, 0.6) is 0 Å². The zero-order valence-electron chi connectivity index (χ0n) is 12.2. The zero-order chi connectivity index (χ0) is 17.3. The van der Waals surface area contributed by atoms with E-state index in [9.17, 15) is 24.0 Å². The minimum atomic E-state index is -1.29. The van der Waals surface area contributed by atoms with Gasteiger partial charge in [-0.2, -0.15) is 0 Å². The number of hydrogen-bond acceptors (Lipinski definition) is 5. The Hall–Kier alpha value is -2.65. The topological polar surface area (TPSA) is 162 Å². The van der Waals surface area contributed by atoms with Crippen LogP contribution >= 0.6 is 0 Å². The van der Waals surface area contributed by atoms with Crippen molar-refractivity contribution in [3.63, 3.8) is 0 Å². The predicted molar refractivity (Wildman–Crippen MR) is 72.7 cm³/mol. The molecule has 22 heavy (non-hydrogen) atoms. The van der Waals surface area contributed by atoms with Crippen molar-refractivity contribution in [1.82, 2.24) is 16.0 Å². The largest absolute Gasteiger partial charge is 0.481 e. The lowest BCUT2D eigenvalue weighted by Crippen LogP contribution is -2.50. The van der Waals surface area contributed by atoms with Crippen LogP contribution in [0, 0.1) is 0 Å². The predicted octanol–water partition coefficient (Wildman–Crippen LogP) is -1.94. The fourth-order valence-corrected chi connectivity index (χ4v) is 1.56. The molecule has 0 spiro atoms. The van der Waals surface area contributed by atoms with E-state index in [0.717, 1.165) is 6.92 Å². The molecule has 0 heterocycles. The number of carboxylic acids is 2. The van der Waals surface area contributed by atoms with Gasteiger partial charge in [-0.3, -0.25) is 24.0 Å². The highest BCUT2D eigenvalue weighted by Crippen LogP contribution is 1.94. The van der Waals surface area contributed by atoms with Gasteiger partial charge in [-0.15, -0.1) is 0 Å². The van der Waals surface area contributed by atoms with Crippen LogP contribution in [-0.4, -0.2) is 58.5 Å². The van der Waals surface area contributed by atoms with E-state index in [-0.39, 0.29) is 6.42 Å². The van der Waals surface area contributed by atoms with Crippen molar-refractivity contribution < 1.29 is 34.2 Å². The van der Waals surface area contributed by atoms with Gasteiger partial charge in [0.25, 0.3) is 0 Å². The summed E-state index contributed by atoms with van der Waals surface area (Å²) in [5.74, 6) is -4.39. The van der Waals surface area contributed by atoms with E-state index >= 15 is 0 Å². The van der Waals surface area contributed by atoms with Crippen LogP contribution in [0.4, 0.5) is 0 Å². The highest BCUT2D eigenvalue weighted by atomic mass is 16.4. The number of aliphatic carboxylic acids is 2. The molecule has 2 atom stereocenters. The molecule has 124 valence electrons. The molecule has 2 unspecified atom stereocenters. The maximum Gasteiger partial charge on any atom is 0.305 e. The summed E-state index contributed by atoms with van der Waals surface area (Å²) in [4.78, 5) is 55.2. The van der Waals surface area contributed by atoms with E-state index < -0.39 is 54.7 Å². The third-order valence-corrected chi connectivity index (χ3v) is 2.38. The lowest BCUT2D eigenvalue weighted by molar-refractivity contribution is -0.140. The van der Waals surface area contributed by atoms with Crippen LogP contribution in [0.25, 0.3) is 0 Å². The van der Waals surface area contributed by atoms with E-state index in [0.29, 0.717) is 0 Å². The number of carbonyl (C=O) groups is 5. The summed E-state index contributed by atoms with van der Waals surface area (Å²) >= 11 is 0. The molecule has 0 aromatic carbocycles. The zero-order valence-corrected chi connectivity index (χ0v) is 12.2.